The Morgan fingerprint density at radius 2 is 2.08 bits per heavy atom. The van der Waals surface area contributed by atoms with Crippen molar-refractivity contribution in [3.63, 3.8) is 0 Å². The average Bonchev–Trinajstić information content (AvgIpc) is 3.11. The maximum Gasteiger partial charge on any atom is 0.270 e. The lowest BCUT2D eigenvalue weighted by molar-refractivity contribution is -0.384. The fourth-order valence-electron chi connectivity index (χ4n) is 4.29. The van der Waals surface area contributed by atoms with Crippen molar-refractivity contribution in [2.75, 3.05) is 6.54 Å². The summed E-state index contributed by atoms with van der Waals surface area (Å²) in [5, 5.41) is 14.9. The van der Waals surface area contributed by atoms with Crippen LogP contribution in [0.4, 0.5) is 5.69 Å². The number of rotatable bonds is 4. The van der Waals surface area contributed by atoms with Gasteiger partial charge in [0.25, 0.3) is 5.69 Å². The van der Waals surface area contributed by atoms with Crippen molar-refractivity contribution < 1.29 is 9.45 Å². The minimum atomic E-state index is -0.415. The van der Waals surface area contributed by atoms with Gasteiger partial charge < -0.3 is 4.52 Å². The summed E-state index contributed by atoms with van der Waals surface area (Å²) in [6, 6.07) is 6.98. The summed E-state index contributed by atoms with van der Waals surface area (Å²) in [5.74, 6) is 1.81. The molecule has 0 amide bonds. The average molecular weight is 342 g/mol. The molecule has 1 aromatic carbocycles. The molecule has 2 aliphatic rings. The quantitative estimate of drug-likeness (QED) is 0.620. The normalized spacial score (nSPS) is 24.0. The molecule has 1 aliphatic carbocycles. The third-order valence-corrected chi connectivity index (χ3v) is 5.48. The largest absolute Gasteiger partial charge is 0.338 e. The van der Waals surface area contributed by atoms with E-state index < -0.39 is 4.92 Å². The molecule has 4 rings (SSSR count). The first-order valence-corrected chi connectivity index (χ1v) is 9.02. The van der Waals surface area contributed by atoms with Crippen LogP contribution in [-0.2, 0) is 6.54 Å². The van der Waals surface area contributed by atoms with Gasteiger partial charge in [-0.15, -0.1) is 0 Å². The maximum absolute atomic E-state index is 10.9. The fraction of sp³-hybridized carbons (Fsp3) is 0.556. The summed E-state index contributed by atoms with van der Waals surface area (Å²) >= 11 is 0. The summed E-state index contributed by atoms with van der Waals surface area (Å²) in [4.78, 5) is 17.5. The number of non-ortho nitro benzene ring substituents is 1. The van der Waals surface area contributed by atoms with Crippen molar-refractivity contribution in [3.8, 4) is 11.4 Å². The van der Waals surface area contributed by atoms with Gasteiger partial charge in [-0.3, -0.25) is 15.0 Å². The summed E-state index contributed by atoms with van der Waals surface area (Å²) in [6.07, 6.45) is 7.82. The van der Waals surface area contributed by atoms with Crippen LogP contribution in [0.5, 0.6) is 0 Å². The SMILES string of the molecule is O=[N+]([O-])c1cccc(-c2noc(CN3CCCC4CCCCC43)n2)c1. The number of nitro groups is 1. The van der Waals surface area contributed by atoms with Gasteiger partial charge in [0.2, 0.25) is 11.7 Å². The topological polar surface area (TPSA) is 85.3 Å². The predicted octanol–water partition coefficient (Wildman–Crippen LogP) is 3.80. The Morgan fingerprint density at radius 1 is 1.24 bits per heavy atom. The van der Waals surface area contributed by atoms with Crippen molar-refractivity contribution in [1.29, 1.82) is 0 Å². The van der Waals surface area contributed by atoms with Crippen LogP contribution in [0.1, 0.15) is 44.4 Å². The molecule has 2 aromatic rings. The van der Waals surface area contributed by atoms with E-state index in [0.717, 1.165) is 12.5 Å². The molecule has 1 aliphatic heterocycles. The first kappa shape index (κ1) is 16.2. The zero-order valence-corrected chi connectivity index (χ0v) is 14.1. The number of hydrogen-bond acceptors (Lipinski definition) is 6. The third-order valence-electron chi connectivity index (χ3n) is 5.48. The van der Waals surface area contributed by atoms with Crippen molar-refractivity contribution in [2.45, 2.75) is 51.1 Å². The second-order valence-corrected chi connectivity index (χ2v) is 7.04. The molecule has 0 spiro atoms. The van der Waals surface area contributed by atoms with Crippen molar-refractivity contribution in [2.24, 2.45) is 5.92 Å². The smallest absolute Gasteiger partial charge is 0.270 e. The van der Waals surface area contributed by atoms with Crippen molar-refractivity contribution in [3.05, 3.63) is 40.3 Å². The van der Waals surface area contributed by atoms with Crippen LogP contribution in [0.3, 0.4) is 0 Å². The van der Waals surface area contributed by atoms with E-state index in [1.165, 1.54) is 50.7 Å². The Hall–Kier alpha value is -2.28. The lowest BCUT2D eigenvalue weighted by atomic mass is 9.78. The molecule has 0 N–H and O–H groups in total. The monoisotopic (exact) mass is 342 g/mol. The Labute approximate surface area is 146 Å². The molecule has 1 saturated heterocycles. The summed E-state index contributed by atoms with van der Waals surface area (Å²) in [5.41, 5.74) is 0.642. The lowest BCUT2D eigenvalue weighted by Crippen LogP contribution is -2.46. The van der Waals surface area contributed by atoms with E-state index in [0.29, 0.717) is 29.9 Å². The Morgan fingerprint density at radius 3 is 2.96 bits per heavy atom. The van der Waals surface area contributed by atoms with E-state index in [-0.39, 0.29) is 5.69 Å². The van der Waals surface area contributed by atoms with E-state index in [9.17, 15) is 10.1 Å². The molecule has 7 heteroatoms. The van der Waals surface area contributed by atoms with Gasteiger partial charge in [-0.1, -0.05) is 30.1 Å². The fourth-order valence-corrected chi connectivity index (χ4v) is 4.29. The van der Waals surface area contributed by atoms with E-state index >= 15 is 0 Å². The Balaban J connectivity index is 1.49. The van der Waals surface area contributed by atoms with Crippen LogP contribution in [-0.4, -0.2) is 32.6 Å². The predicted molar refractivity (Wildman–Crippen MR) is 91.8 cm³/mol. The first-order valence-electron chi connectivity index (χ1n) is 9.02. The molecule has 2 fully saturated rings. The number of fused-ring (bicyclic) bond motifs is 1. The molecular weight excluding hydrogens is 320 g/mol. The highest BCUT2D eigenvalue weighted by molar-refractivity contribution is 5.58. The zero-order valence-electron chi connectivity index (χ0n) is 14.1. The number of hydrogen-bond donors (Lipinski definition) is 0. The van der Waals surface area contributed by atoms with Crippen LogP contribution in [0, 0.1) is 16.0 Å². The second-order valence-electron chi connectivity index (χ2n) is 7.04. The first-order chi connectivity index (χ1) is 12.2. The van der Waals surface area contributed by atoms with Gasteiger partial charge in [0.15, 0.2) is 0 Å². The Kier molecular flexibility index (Phi) is 4.48. The van der Waals surface area contributed by atoms with E-state index in [4.69, 9.17) is 4.52 Å². The van der Waals surface area contributed by atoms with Crippen LogP contribution < -0.4 is 0 Å². The zero-order chi connectivity index (χ0) is 17.2. The minimum absolute atomic E-state index is 0.0323. The standard InChI is InChI=1S/C18H22N4O3/c23-22(24)15-8-3-6-14(11-15)18-19-17(25-20-18)12-21-10-4-7-13-5-1-2-9-16(13)21/h3,6,8,11,13,16H,1-2,4-5,7,9-10,12H2. The summed E-state index contributed by atoms with van der Waals surface area (Å²) in [6.45, 7) is 1.75. The molecule has 7 nitrogen and oxygen atoms in total. The maximum atomic E-state index is 10.9. The van der Waals surface area contributed by atoms with E-state index in [2.05, 4.69) is 15.0 Å². The molecule has 1 saturated carbocycles. The number of benzene rings is 1. The molecule has 2 unspecified atom stereocenters. The number of likely N-dealkylation sites (tertiary alicyclic amines) is 1. The van der Waals surface area contributed by atoms with Gasteiger partial charge in [-0.05, 0) is 38.1 Å². The molecule has 2 heterocycles. The lowest BCUT2D eigenvalue weighted by Gasteiger charge is -2.43. The van der Waals surface area contributed by atoms with Crippen LogP contribution in [0.15, 0.2) is 28.8 Å². The molecule has 2 atom stereocenters. The highest BCUT2D eigenvalue weighted by Crippen LogP contribution is 2.36. The van der Waals surface area contributed by atoms with Gasteiger partial charge in [0, 0.05) is 23.7 Å². The molecule has 0 radical (unpaired) electrons. The molecule has 0 bridgehead atoms. The molecule has 25 heavy (non-hydrogen) atoms. The van der Waals surface area contributed by atoms with Gasteiger partial charge >= 0.3 is 0 Å². The van der Waals surface area contributed by atoms with Crippen molar-refractivity contribution >= 4 is 5.69 Å². The van der Waals surface area contributed by atoms with Crippen LogP contribution in [0.2, 0.25) is 0 Å². The van der Waals surface area contributed by atoms with Gasteiger partial charge in [0.05, 0.1) is 11.5 Å². The number of nitro benzene ring substituents is 1. The van der Waals surface area contributed by atoms with Crippen LogP contribution in [0.25, 0.3) is 11.4 Å². The van der Waals surface area contributed by atoms with E-state index in [1.807, 2.05) is 0 Å². The van der Waals surface area contributed by atoms with Gasteiger partial charge in [0.1, 0.15) is 0 Å². The Bertz CT molecular complexity index is 758. The van der Waals surface area contributed by atoms with E-state index in [1.54, 1.807) is 12.1 Å². The molecule has 1 aromatic heterocycles. The number of aromatic nitrogens is 2. The van der Waals surface area contributed by atoms with Gasteiger partial charge in [-0.2, -0.15) is 4.98 Å². The minimum Gasteiger partial charge on any atom is -0.338 e. The molecular formula is C18H22N4O3. The van der Waals surface area contributed by atoms with Crippen LogP contribution >= 0.6 is 0 Å². The third kappa shape index (κ3) is 3.42. The highest BCUT2D eigenvalue weighted by Gasteiger charge is 2.33. The van der Waals surface area contributed by atoms with Gasteiger partial charge in [-0.25, -0.2) is 0 Å². The van der Waals surface area contributed by atoms with Crippen molar-refractivity contribution in [1.82, 2.24) is 15.0 Å². The molecule has 132 valence electrons. The summed E-state index contributed by atoms with van der Waals surface area (Å²) in [7, 11) is 0. The number of piperidine rings is 1. The highest BCUT2D eigenvalue weighted by atomic mass is 16.6. The number of nitrogens with zero attached hydrogens (tertiary/aromatic N) is 4. The summed E-state index contributed by atoms with van der Waals surface area (Å²) < 4.78 is 5.43. The second kappa shape index (κ2) is 6.92.